The molecule has 1 atom stereocenters. The van der Waals surface area contributed by atoms with Gasteiger partial charge in [-0.3, -0.25) is 14.3 Å². The zero-order valence-electron chi connectivity index (χ0n) is 19.7. The second-order valence-corrected chi connectivity index (χ2v) is 11.1. The first-order valence-corrected chi connectivity index (χ1v) is 12.8. The maximum Gasteiger partial charge on any atom is 0.261 e. The predicted octanol–water partition coefficient (Wildman–Crippen LogP) is 3.92. The molecule has 1 aliphatic rings. The fourth-order valence-corrected chi connectivity index (χ4v) is 4.90. The molecule has 178 valence electrons. The number of hydrogen-bond acceptors (Lipinski definition) is 4. The first kappa shape index (κ1) is 24.8. The van der Waals surface area contributed by atoms with Crippen LogP contribution < -0.4 is 10.0 Å². The van der Waals surface area contributed by atoms with Crippen molar-refractivity contribution >= 4 is 27.5 Å². The maximum atomic E-state index is 13.0. The summed E-state index contributed by atoms with van der Waals surface area (Å²) in [5, 5.41) is 2.86. The number of carbonyl (C=O) groups excluding carboxylic acids is 2. The number of amides is 2. The topological polar surface area (TPSA) is 95.6 Å². The van der Waals surface area contributed by atoms with Gasteiger partial charge in [0.25, 0.3) is 15.9 Å². The van der Waals surface area contributed by atoms with Crippen molar-refractivity contribution in [2.24, 2.45) is 0 Å². The molecule has 2 aromatic carbocycles. The molecule has 1 heterocycles. The van der Waals surface area contributed by atoms with Crippen molar-refractivity contribution < 1.29 is 18.0 Å². The third kappa shape index (κ3) is 5.93. The van der Waals surface area contributed by atoms with Gasteiger partial charge in [0.2, 0.25) is 5.91 Å². The smallest absolute Gasteiger partial charge is 0.261 e. The molecule has 1 aliphatic heterocycles. The van der Waals surface area contributed by atoms with Gasteiger partial charge in [-0.05, 0) is 66.6 Å². The van der Waals surface area contributed by atoms with E-state index in [1.807, 2.05) is 19.1 Å². The summed E-state index contributed by atoms with van der Waals surface area (Å²) in [6.45, 7) is 9.31. The predicted molar refractivity (Wildman–Crippen MR) is 130 cm³/mol. The number of nitrogens with one attached hydrogen (secondary N) is 2. The monoisotopic (exact) mass is 471 g/mol. The van der Waals surface area contributed by atoms with Crippen LogP contribution in [-0.4, -0.2) is 44.3 Å². The minimum absolute atomic E-state index is 0.0664. The second kappa shape index (κ2) is 9.95. The molecular formula is C25H33N3O4S. The van der Waals surface area contributed by atoms with Crippen LogP contribution in [0.25, 0.3) is 0 Å². The first-order valence-electron chi connectivity index (χ1n) is 11.3. The third-order valence-electron chi connectivity index (χ3n) is 5.78. The molecule has 0 spiro atoms. The normalized spacial score (nSPS) is 16.5. The largest absolute Gasteiger partial charge is 0.354 e. The van der Waals surface area contributed by atoms with Crippen LogP contribution in [0.1, 0.15) is 62.9 Å². The molecule has 2 aromatic rings. The fraction of sp³-hybridized carbons (Fsp3) is 0.440. The van der Waals surface area contributed by atoms with Crippen LogP contribution in [0.3, 0.4) is 0 Å². The summed E-state index contributed by atoms with van der Waals surface area (Å²) in [4.78, 5) is 27.1. The number of sulfonamides is 1. The summed E-state index contributed by atoms with van der Waals surface area (Å²) in [5.74, 6) is -0.346. The van der Waals surface area contributed by atoms with Crippen LogP contribution in [0, 0.1) is 0 Å². The van der Waals surface area contributed by atoms with E-state index in [-0.39, 0.29) is 22.1 Å². The molecule has 0 saturated carbocycles. The molecule has 0 radical (unpaired) electrons. The van der Waals surface area contributed by atoms with Crippen LogP contribution in [0.2, 0.25) is 0 Å². The summed E-state index contributed by atoms with van der Waals surface area (Å²) in [5.41, 5.74) is 1.77. The highest BCUT2D eigenvalue weighted by atomic mass is 32.2. The van der Waals surface area contributed by atoms with Gasteiger partial charge < -0.3 is 10.2 Å². The van der Waals surface area contributed by atoms with Crippen LogP contribution >= 0.6 is 0 Å². The van der Waals surface area contributed by atoms with E-state index >= 15 is 0 Å². The van der Waals surface area contributed by atoms with E-state index < -0.39 is 16.1 Å². The second-order valence-electron chi connectivity index (χ2n) is 9.40. The SMILES string of the molecule is CCCNC(=O)[C@@H]1CCCN1C(=O)c1ccc(NS(=O)(=O)c2ccc(C(C)(C)C)cc2)cc1. The lowest BCUT2D eigenvalue weighted by molar-refractivity contribution is -0.124. The fourth-order valence-electron chi connectivity index (χ4n) is 3.84. The Morgan fingerprint density at radius 3 is 2.24 bits per heavy atom. The van der Waals surface area contributed by atoms with Gasteiger partial charge in [0.15, 0.2) is 0 Å². The standard InChI is InChI=1S/C25H33N3O4S/c1-5-16-26-23(29)22-7-6-17-28(22)24(30)18-8-12-20(13-9-18)27-33(31,32)21-14-10-19(11-15-21)25(2,3)4/h8-15,22,27H,5-7,16-17H2,1-4H3,(H,26,29)/t22-/m0/s1. The number of rotatable bonds is 7. The van der Waals surface area contributed by atoms with Gasteiger partial charge >= 0.3 is 0 Å². The van der Waals surface area contributed by atoms with Crippen molar-refractivity contribution in [3.8, 4) is 0 Å². The Labute approximate surface area is 196 Å². The van der Waals surface area contributed by atoms with Crippen molar-refractivity contribution in [3.05, 3.63) is 59.7 Å². The Morgan fingerprint density at radius 2 is 1.67 bits per heavy atom. The average molecular weight is 472 g/mol. The highest BCUT2D eigenvalue weighted by Gasteiger charge is 2.34. The van der Waals surface area contributed by atoms with Gasteiger partial charge in [-0.1, -0.05) is 39.8 Å². The van der Waals surface area contributed by atoms with Gasteiger partial charge in [0, 0.05) is 24.3 Å². The molecule has 8 heteroatoms. The van der Waals surface area contributed by atoms with Crippen molar-refractivity contribution in [3.63, 3.8) is 0 Å². The molecule has 7 nitrogen and oxygen atoms in total. The minimum Gasteiger partial charge on any atom is -0.354 e. The quantitative estimate of drug-likeness (QED) is 0.640. The van der Waals surface area contributed by atoms with Gasteiger partial charge in [0.1, 0.15) is 6.04 Å². The number of anilines is 1. The van der Waals surface area contributed by atoms with E-state index in [0.29, 0.717) is 30.8 Å². The van der Waals surface area contributed by atoms with Gasteiger partial charge in [0.05, 0.1) is 4.90 Å². The van der Waals surface area contributed by atoms with Gasteiger partial charge in [-0.15, -0.1) is 0 Å². The number of benzene rings is 2. The molecule has 0 bridgehead atoms. The highest BCUT2D eigenvalue weighted by molar-refractivity contribution is 7.92. The Hall–Kier alpha value is -2.87. The summed E-state index contributed by atoms with van der Waals surface area (Å²) in [6.07, 6.45) is 2.26. The van der Waals surface area contributed by atoms with Crippen LogP contribution in [0.15, 0.2) is 53.4 Å². The van der Waals surface area contributed by atoms with Gasteiger partial charge in [-0.25, -0.2) is 8.42 Å². The maximum absolute atomic E-state index is 13.0. The molecule has 0 unspecified atom stereocenters. The average Bonchev–Trinajstić information content (AvgIpc) is 3.27. The van der Waals surface area contributed by atoms with Crippen molar-refractivity contribution in [2.45, 2.75) is 63.3 Å². The third-order valence-corrected chi connectivity index (χ3v) is 7.18. The molecular weight excluding hydrogens is 438 g/mol. The molecule has 1 saturated heterocycles. The Balaban J connectivity index is 1.69. The lowest BCUT2D eigenvalue weighted by atomic mass is 9.87. The Bertz CT molecular complexity index is 1090. The summed E-state index contributed by atoms with van der Waals surface area (Å²) < 4.78 is 28.1. The minimum atomic E-state index is -3.75. The summed E-state index contributed by atoms with van der Waals surface area (Å²) in [6, 6.07) is 12.7. The Morgan fingerprint density at radius 1 is 1.03 bits per heavy atom. The van der Waals surface area contributed by atoms with E-state index in [9.17, 15) is 18.0 Å². The number of nitrogens with zero attached hydrogens (tertiary/aromatic N) is 1. The molecule has 0 aromatic heterocycles. The first-order chi connectivity index (χ1) is 15.5. The summed E-state index contributed by atoms with van der Waals surface area (Å²) in [7, 11) is -3.75. The molecule has 3 rings (SSSR count). The van der Waals surface area contributed by atoms with Crippen molar-refractivity contribution in [1.82, 2.24) is 10.2 Å². The highest BCUT2D eigenvalue weighted by Crippen LogP contribution is 2.25. The van der Waals surface area contributed by atoms with Crippen LogP contribution in [0.4, 0.5) is 5.69 Å². The molecule has 33 heavy (non-hydrogen) atoms. The van der Waals surface area contributed by atoms with E-state index in [1.54, 1.807) is 41.3 Å². The number of carbonyl (C=O) groups is 2. The van der Waals surface area contributed by atoms with Gasteiger partial charge in [-0.2, -0.15) is 0 Å². The molecule has 0 aliphatic carbocycles. The number of hydrogen-bond donors (Lipinski definition) is 2. The molecule has 1 fully saturated rings. The molecule has 2 amide bonds. The zero-order valence-corrected chi connectivity index (χ0v) is 20.5. The van der Waals surface area contributed by atoms with E-state index in [0.717, 1.165) is 18.4 Å². The Kier molecular flexibility index (Phi) is 7.47. The summed E-state index contributed by atoms with van der Waals surface area (Å²) >= 11 is 0. The van der Waals surface area contributed by atoms with E-state index in [4.69, 9.17) is 0 Å². The van der Waals surface area contributed by atoms with E-state index in [1.165, 1.54) is 0 Å². The lowest BCUT2D eigenvalue weighted by Crippen LogP contribution is -2.46. The van der Waals surface area contributed by atoms with Crippen molar-refractivity contribution in [2.75, 3.05) is 17.8 Å². The van der Waals surface area contributed by atoms with Crippen LogP contribution in [0.5, 0.6) is 0 Å². The van der Waals surface area contributed by atoms with Crippen molar-refractivity contribution in [1.29, 1.82) is 0 Å². The number of likely N-dealkylation sites (tertiary alicyclic amines) is 1. The zero-order chi connectivity index (χ0) is 24.2. The lowest BCUT2D eigenvalue weighted by Gasteiger charge is -2.24. The van der Waals surface area contributed by atoms with E-state index in [2.05, 4.69) is 30.8 Å². The molecule has 2 N–H and O–H groups in total. The van der Waals surface area contributed by atoms with Crippen LogP contribution in [-0.2, 0) is 20.2 Å².